The van der Waals surface area contributed by atoms with Crippen LogP contribution in [-0.2, 0) is 0 Å². The van der Waals surface area contributed by atoms with Crippen molar-refractivity contribution in [1.82, 2.24) is 0 Å². The second kappa shape index (κ2) is 6.71. The number of hydrogen-bond donors (Lipinski definition) is 2. The number of hydrogen-bond acceptors (Lipinski definition) is 2. The van der Waals surface area contributed by atoms with Gasteiger partial charge < -0.3 is 10.8 Å². The molecule has 0 aliphatic heterocycles. The molecule has 5 heteroatoms. The van der Waals surface area contributed by atoms with Gasteiger partial charge in [-0.1, -0.05) is 36.6 Å². The van der Waals surface area contributed by atoms with Gasteiger partial charge in [-0.25, -0.2) is 4.39 Å². The minimum absolute atomic E-state index is 0. The molecule has 0 saturated heterocycles. The van der Waals surface area contributed by atoms with Crippen LogP contribution in [0.5, 0.6) is 0 Å². The monoisotopic (exact) mass is 293 g/mol. The van der Waals surface area contributed by atoms with E-state index >= 15 is 0 Å². The Morgan fingerprint density at radius 2 is 1.94 bits per heavy atom. The molecule has 1 fully saturated rings. The fraction of sp³-hybridized carbons (Fsp3) is 0.538. The van der Waals surface area contributed by atoms with Gasteiger partial charge in [0.15, 0.2) is 0 Å². The summed E-state index contributed by atoms with van der Waals surface area (Å²) in [5.74, 6) is -0.331. The van der Waals surface area contributed by atoms with Crippen LogP contribution in [0.15, 0.2) is 18.2 Å². The lowest BCUT2D eigenvalue weighted by molar-refractivity contribution is 0.0833. The van der Waals surface area contributed by atoms with E-state index in [1.807, 2.05) is 0 Å². The Kier molecular flexibility index (Phi) is 5.86. The highest BCUT2D eigenvalue weighted by molar-refractivity contribution is 6.30. The van der Waals surface area contributed by atoms with Crippen LogP contribution in [0.2, 0.25) is 5.02 Å². The van der Waals surface area contributed by atoms with Gasteiger partial charge in [-0.15, -0.1) is 12.4 Å². The van der Waals surface area contributed by atoms with Gasteiger partial charge in [0.2, 0.25) is 0 Å². The van der Waals surface area contributed by atoms with Crippen molar-refractivity contribution >= 4 is 24.0 Å². The molecule has 0 amide bonds. The maximum absolute atomic E-state index is 13.8. The van der Waals surface area contributed by atoms with Crippen LogP contribution in [0.4, 0.5) is 4.39 Å². The molecule has 0 radical (unpaired) electrons. The van der Waals surface area contributed by atoms with Crippen molar-refractivity contribution in [2.75, 3.05) is 0 Å². The van der Waals surface area contributed by atoms with Crippen LogP contribution in [0, 0.1) is 11.7 Å². The first kappa shape index (κ1) is 15.7. The van der Waals surface area contributed by atoms with E-state index in [4.69, 9.17) is 17.3 Å². The molecule has 3 N–H and O–H groups in total. The molecule has 1 aromatic rings. The second-order valence-electron chi connectivity index (χ2n) is 4.70. The Balaban J connectivity index is 0.00000162. The third-order valence-electron chi connectivity index (χ3n) is 3.59. The lowest BCUT2D eigenvalue weighted by atomic mass is 9.91. The predicted molar refractivity (Wildman–Crippen MR) is 73.6 cm³/mol. The van der Waals surface area contributed by atoms with E-state index in [0.29, 0.717) is 5.56 Å². The van der Waals surface area contributed by atoms with Crippen LogP contribution >= 0.6 is 24.0 Å². The average Bonchev–Trinajstić information content (AvgIpc) is 2.84. The fourth-order valence-corrected chi connectivity index (χ4v) is 2.74. The number of rotatable bonds is 3. The molecule has 1 aromatic carbocycles. The Bertz CT molecular complexity index is 397. The van der Waals surface area contributed by atoms with E-state index in [-0.39, 0.29) is 23.3 Å². The highest BCUT2D eigenvalue weighted by Gasteiger charge is 2.30. The molecule has 2 atom stereocenters. The van der Waals surface area contributed by atoms with Crippen LogP contribution < -0.4 is 5.73 Å². The number of aliphatic hydroxyl groups excluding tert-OH is 1. The molecule has 102 valence electrons. The maximum Gasteiger partial charge on any atom is 0.146 e. The number of halogens is 3. The fourth-order valence-electron chi connectivity index (χ4n) is 2.55. The summed E-state index contributed by atoms with van der Waals surface area (Å²) >= 11 is 5.71. The average molecular weight is 294 g/mol. The highest BCUT2D eigenvalue weighted by Crippen LogP contribution is 2.34. The topological polar surface area (TPSA) is 46.2 Å². The first-order valence-corrected chi connectivity index (χ1v) is 6.36. The largest absolute Gasteiger partial charge is 0.391 e. The molecule has 1 aliphatic carbocycles. The van der Waals surface area contributed by atoms with E-state index < -0.39 is 18.0 Å². The molecule has 1 aliphatic rings. The molecule has 0 bridgehead atoms. The van der Waals surface area contributed by atoms with Gasteiger partial charge in [0, 0.05) is 5.56 Å². The van der Waals surface area contributed by atoms with Crippen LogP contribution in [0.3, 0.4) is 0 Å². The number of benzene rings is 1. The normalized spacial score (nSPS) is 19.3. The molecular formula is C13H18Cl2FNO. The summed E-state index contributed by atoms with van der Waals surface area (Å²) in [4.78, 5) is 0. The van der Waals surface area contributed by atoms with Crippen molar-refractivity contribution in [2.45, 2.75) is 37.8 Å². The van der Waals surface area contributed by atoms with E-state index in [2.05, 4.69) is 0 Å². The van der Waals surface area contributed by atoms with Crippen molar-refractivity contribution in [3.63, 3.8) is 0 Å². The first-order chi connectivity index (χ1) is 8.11. The van der Waals surface area contributed by atoms with Crippen molar-refractivity contribution in [3.8, 4) is 0 Å². The van der Waals surface area contributed by atoms with Gasteiger partial charge in [-0.2, -0.15) is 0 Å². The minimum Gasteiger partial charge on any atom is -0.391 e. The standard InChI is InChI=1S/C13H17ClFNO.ClH/c14-10-7-3-6-9(11(10)15)12(16)13(17)8-4-1-2-5-8;/h3,6-8,12-13,17H,1-2,4-5,16H2;1H/t12-,13+;/m1./s1. The Hall–Kier alpha value is -0.350. The third-order valence-corrected chi connectivity index (χ3v) is 3.88. The van der Waals surface area contributed by atoms with Gasteiger partial charge in [-0.3, -0.25) is 0 Å². The van der Waals surface area contributed by atoms with Crippen LogP contribution in [0.25, 0.3) is 0 Å². The summed E-state index contributed by atoms with van der Waals surface area (Å²) in [7, 11) is 0. The maximum atomic E-state index is 13.8. The van der Waals surface area contributed by atoms with E-state index in [9.17, 15) is 9.50 Å². The second-order valence-corrected chi connectivity index (χ2v) is 5.11. The van der Waals surface area contributed by atoms with Crippen LogP contribution in [0.1, 0.15) is 37.3 Å². The molecule has 18 heavy (non-hydrogen) atoms. The molecule has 0 spiro atoms. The molecule has 2 nitrogen and oxygen atoms in total. The quantitative estimate of drug-likeness (QED) is 0.897. The first-order valence-electron chi connectivity index (χ1n) is 5.99. The van der Waals surface area contributed by atoms with Gasteiger partial charge in [0.1, 0.15) is 5.82 Å². The van der Waals surface area contributed by atoms with Crippen molar-refractivity contribution < 1.29 is 9.50 Å². The predicted octanol–water partition coefficient (Wildman–Crippen LogP) is 3.45. The van der Waals surface area contributed by atoms with Crippen LogP contribution in [-0.4, -0.2) is 11.2 Å². The zero-order valence-corrected chi connectivity index (χ0v) is 11.6. The smallest absolute Gasteiger partial charge is 0.146 e. The number of nitrogens with two attached hydrogens (primary N) is 1. The Morgan fingerprint density at radius 3 is 2.56 bits per heavy atom. The summed E-state index contributed by atoms with van der Waals surface area (Å²) in [6.07, 6.45) is 3.48. The summed E-state index contributed by atoms with van der Waals surface area (Å²) in [5, 5.41) is 10.2. The zero-order chi connectivity index (χ0) is 12.4. The van der Waals surface area contributed by atoms with E-state index in [1.165, 1.54) is 6.07 Å². The molecule has 0 heterocycles. The lowest BCUT2D eigenvalue weighted by Gasteiger charge is -2.25. The van der Waals surface area contributed by atoms with Gasteiger partial charge in [0.05, 0.1) is 17.2 Å². The highest BCUT2D eigenvalue weighted by atomic mass is 35.5. The third kappa shape index (κ3) is 3.15. The van der Waals surface area contributed by atoms with Crippen molar-refractivity contribution in [3.05, 3.63) is 34.6 Å². The SMILES string of the molecule is Cl.N[C@H](c1cccc(Cl)c1F)[C@@H](O)C1CCCC1. The van der Waals surface area contributed by atoms with Crippen molar-refractivity contribution in [2.24, 2.45) is 11.7 Å². The molecule has 1 saturated carbocycles. The van der Waals surface area contributed by atoms with Crippen molar-refractivity contribution in [1.29, 1.82) is 0 Å². The van der Waals surface area contributed by atoms with Gasteiger partial charge in [-0.05, 0) is 24.8 Å². The number of aliphatic hydroxyl groups is 1. The summed E-state index contributed by atoms with van der Waals surface area (Å²) in [6, 6.07) is 4.03. The molecule has 2 rings (SSSR count). The lowest BCUT2D eigenvalue weighted by Crippen LogP contribution is -2.32. The van der Waals surface area contributed by atoms with E-state index in [1.54, 1.807) is 12.1 Å². The summed E-state index contributed by atoms with van der Waals surface area (Å²) in [5.41, 5.74) is 6.24. The Labute approximate surface area is 118 Å². The Morgan fingerprint density at radius 1 is 1.33 bits per heavy atom. The summed E-state index contributed by atoms with van der Waals surface area (Å²) in [6.45, 7) is 0. The van der Waals surface area contributed by atoms with Gasteiger partial charge in [0.25, 0.3) is 0 Å². The zero-order valence-electron chi connectivity index (χ0n) is 9.98. The summed E-state index contributed by atoms with van der Waals surface area (Å²) < 4.78 is 13.8. The van der Waals surface area contributed by atoms with Gasteiger partial charge >= 0.3 is 0 Å². The molecule has 0 aromatic heterocycles. The van der Waals surface area contributed by atoms with E-state index in [0.717, 1.165) is 25.7 Å². The molecular weight excluding hydrogens is 276 g/mol. The molecule has 0 unspecified atom stereocenters. The minimum atomic E-state index is -0.697.